The van der Waals surface area contributed by atoms with Crippen LogP contribution < -0.4 is 10.6 Å². The monoisotopic (exact) mass is 342 g/mol. The second-order valence-electron chi connectivity index (χ2n) is 6.65. The third-order valence-electron chi connectivity index (χ3n) is 4.45. The molecule has 2 unspecified atom stereocenters. The van der Waals surface area contributed by atoms with Crippen molar-refractivity contribution in [2.24, 2.45) is 0 Å². The normalized spacial score (nSPS) is 18.8. The van der Waals surface area contributed by atoms with Crippen molar-refractivity contribution in [3.05, 3.63) is 47.3 Å². The summed E-state index contributed by atoms with van der Waals surface area (Å²) in [7, 11) is 0. The SMILES string of the molecule is Cc1cc(C)n(-c2ccc(C(C)NC(=O)CC3COCCN3)cc2)n1. The number of aromatic nitrogens is 2. The Labute approximate surface area is 148 Å². The second-order valence-corrected chi connectivity index (χ2v) is 6.65. The van der Waals surface area contributed by atoms with Gasteiger partial charge in [-0.3, -0.25) is 4.79 Å². The molecule has 1 amide bonds. The molecule has 0 aliphatic carbocycles. The molecule has 6 heteroatoms. The fourth-order valence-corrected chi connectivity index (χ4v) is 3.15. The average molecular weight is 342 g/mol. The highest BCUT2D eigenvalue weighted by molar-refractivity contribution is 5.77. The number of hydrogen-bond acceptors (Lipinski definition) is 4. The van der Waals surface area contributed by atoms with Crippen LogP contribution in [-0.4, -0.2) is 41.5 Å². The Morgan fingerprint density at radius 2 is 2.16 bits per heavy atom. The Bertz CT molecular complexity index is 718. The van der Waals surface area contributed by atoms with E-state index in [9.17, 15) is 4.79 Å². The molecule has 2 N–H and O–H groups in total. The van der Waals surface area contributed by atoms with Crippen molar-refractivity contribution in [2.75, 3.05) is 19.8 Å². The molecular formula is C19H26N4O2. The molecule has 2 atom stereocenters. The molecule has 0 radical (unpaired) electrons. The van der Waals surface area contributed by atoms with E-state index in [2.05, 4.69) is 21.8 Å². The fourth-order valence-electron chi connectivity index (χ4n) is 3.15. The first-order chi connectivity index (χ1) is 12.0. The van der Waals surface area contributed by atoms with Gasteiger partial charge in [0.2, 0.25) is 5.91 Å². The zero-order valence-electron chi connectivity index (χ0n) is 15.1. The van der Waals surface area contributed by atoms with E-state index in [0.717, 1.165) is 35.8 Å². The fraction of sp³-hybridized carbons (Fsp3) is 0.474. The lowest BCUT2D eigenvalue weighted by Gasteiger charge is -2.24. The molecule has 0 spiro atoms. The van der Waals surface area contributed by atoms with Gasteiger partial charge in [0.15, 0.2) is 0 Å². The van der Waals surface area contributed by atoms with Crippen LogP contribution in [0, 0.1) is 13.8 Å². The maximum absolute atomic E-state index is 12.2. The summed E-state index contributed by atoms with van der Waals surface area (Å²) in [4.78, 5) is 12.2. The molecule has 1 aliphatic heterocycles. The molecule has 1 aromatic heterocycles. The van der Waals surface area contributed by atoms with Crippen LogP contribution in [0.5, 0.6) is 0 Å². The second kappa shape index (κ2) is 7.80. The average Bonchev–Trinajstić information content (AvgIpc) is 2.94. The van der Waals surface area contributed by atoms with Gasteiger partial charge >= 0.3 is 0 Å². The number of carbonyl (C=O) groups excluding carboxylic acids is 1. The Morgan fingerprint density at radius 1 is 1.40 bits per heavy atom. The van der Waals surface area contributed by atoms with Crippen LogP contribution in [0.2, 0.25) is 0 Å². The molecular weight excluding hydrogens is 316 g/mol. The van der Waals surface area contributed by atoms with Crippen LogP contribution in [0.1, 0.15) is 36.3 Å². The van der Waals surface area contributed by atoms with Gasteiger partial charge in [0.1, 0.15) is 0 Å². The van der Waals surface area contributed by atoms with Crippen molar-refractivity contribution < 1.29 is 9.53 Å². The summed E-state index contributed by atoms with van der Waals surface area (Å²) in [6, 6.07) is 10.3. The largest absolute Gasteiger partial charge is 0.378 e. The van der Waals surface area contributed by atoms with E-state index in [1.54, 1.807) is 0 Å². The van der Waals surface area contributed by atoms with Crippen LogP contribution in [-0.2, 0) is 9.53 Å². The highest BCUT2D eigenvalue weighted by Crippen LogP contribution is 2.17. The predicted molar refractivity (Wildman–Crippen MR) is 96.8 cm³/mol. The Balaban J connectivity index is 1.59. The van der Waals surface area contributed by atoms with Gasteiger partial charge in [-0.05, 0) is 44.5 Å². The number of ether oxygens (including phenoxy) is 1. The lowest BCUT2D eigenvalue weighted by molar-refractivity contribution is -0.122. The first-order valence-corrected chi connectivity index (χ1v) is 8.77. The number of rotatable bonds is 5. The first kappa shape index (κ1) is 17.6. The summed E-state index contributed by atoms with van der Waals surface area (Å²) in [6.07, 6.45) is 0.439. The third-order valence-corrected chi connectivity index (χ3v) is 4.45. The van der Waals surface area contributed by atoms with E-state index >= 15 is 0 Å². The highest BCUT2D eigenvalue weighted by Gasteiger charge is 2.18. The number of amides is 1. The molecule has 1 fully saturated rings. The molecule has 2 heterocycles. The maximum atomic E-state index is 12.2. The van der Waals surface area contributed by atoms with Crippen molar-refractivity contribution in [1.82, 2.24) is 20.4 Å². The summed E-state index contributed by atoms with van der Waals surface area (Å²) in [5.74, 6) is 0.0399. The van der Waals surface area contributed by atoms with Gasteiger partial charge in [-0.2, -0.15) is 5.10 Å². The molecule has 134 valence electrons. The van der Waals surface area contributed by atoms with Crippen LogP contribution in [0.4, 0.5) is 0 Å². The van der Waals surface area contributed by atoms with Crippen molar-refractivity contribution in [1.29, 1.82) is 0 Å². The van der Waals surface area contributed by atoms with Crippen molar-refractivity contribution in [3.63, 3.8) is 0 Å². The number of hydrogen-bond donors (Lipinski definition) is 2. The van der Waals surface area contributed by atoms with Crippen molar-refractivity contribution >= 4 is 5.91 Å². The summed E-state index contributed by atoms with van der Waals surface area (Å²) < 4.78 is 7.32. The Morgan fingerprint density at radius 3 is 2.76 bits per heavy atom. The molecule has 6 nitrogen and oxygen atoms in total. The third kappa shape index (κ3) is 4.46. The summed E-state index contributed by atoms with van der Waals surface area (Å²) in [5, 5.41) is 10.9. The number of morpholine rings is 1. The van der Waals surface area contributed by atoms with Crippen LogP contribution in [0.3, 0.4) is 0 Å². The van der Waals surface area contributed by atoms with Gasteiger partial charge in [-0.1, -0.05) is 12.1 Å². The highest BCUT2D eigenvalue weighted by atomic mass is 16.5. The molecule has 3 rings (SSSR count). The Hall–Kier alpha value is -2.18. The number of carbonyl (C=O) groups is 1. The van der Waals surface area contributed by atoms with Gasteiger partial charge in [-0.15, -0.1) is 0 Å². The van der Waals surface area contributed by atoms with Crippen LogP contribution in [0.25, 0.3) is 5.69 Å². The summed E-state index contributed by atoms with van der Waals surface area (Å²) in [6.45, 7) is 8.15. The quantitative estimate of drug-likeness (QED) is 0.873. The van der Waals surface area contributed by atoms with E-state index in [1.807, 2.05) is 49.7 Å². The van der Waals surface area contributed by atoms with Gasteiger partial charge in [0, 0.05) is 24.7 Å². The summed E-state index contributed by atoms with van der Waals surface area (Å²) in [5.41, 5.74) is 4.21. The van der Waals surface area contributed by atoms with E-state index < -0.39 is 0 Å². The molecule has 0 saturated carbocycles. The Kier molecular flexibility index (Phi) is 5.50. The standard InChI is InChI=1S/C19H26N4O2/c1-13-10-14(2)23(22-13)18-6-4-16(5-7-18)15(3)21-19(24)11-17-12-25-9-8-20-17/h4-7,10,15,17,20H,8-9,11-12H2,1-3H3,(H,21,24). The number of nitrogens with zero attached hydrogens (tertiary/aromatic N) is 2. The summed E-state index contributed by atoms with van der Waals surface area (Å²) >= 11 is 0. The topological polar surface area (TPSA) is 68.2 Å². The van der Waals surface area contributed by atoms with Crippen molar-refractivity contribution in [3.8, 4) is 5.69 Å². The van der Waals surface area contributed by atoms with Gasteiger partial charge in [0.25, 0.3) is 0 Å². The first-order valence-electron chi connectivity index (χ1n) is 8.77. The van der Waals surface area contributed by atoms with Crippen LogP contribution >= 0.6 is 0 Å². The van der Waals surface area contributed by atoms with Crippen LogP contribution in [0.15, 0.2) is 30.3 Å². The van der Waals surface area contributed by atoms with Gasteiger partial charge in [0.05, 0.1) is 30.6 Å². The molecule has 0 bridgehead atoms. The number of nitrogens with one attached hydrogen (secondary N) is 2. The number of aryl methyl sites for hydroxylation is 2. The zero-order valence-corrected chi connectivity index (χ0v) is 15.1. The molecule has 1 aliphatic rings. The van der Waals surface area contributed by atoms with Crippen molar-refractivity contribution in [2.45, 2.75) is 39.3 Å². The minimum Gasteiger partial charge on any atom is -0.378 e. The minimum absolute atomic E-state index is 0.0356. The molecule has 25 heavy (non-hydrogen) atoms. The van der Waals surface area contributed by atoms with Gasteiger partial charge in [-0.25, -0.2) is 4.68 Å². The van der Waals surface area contributed by atoms with E-state index in [1.165, 1.54) is 0 Å². The van der Waals surface area contributed by atoms with Gasteiger partial charge < -0.3 is 15.4 Å². The number of benzene rings is 1. The van der Waals surface area contributed by atoms with E-state index in [4.69, 9.17) is 4.74 Å². The lowest BCUT2D eigenvalue weighted by atomic mass is 10.1. The predicted octanol–water partition coefficient (Wildman–Crippen LogP) is 2.04. The molecule has 2 aromatic rings. The lowest BCUT2D eigenvalue weighted by Crippen LogP contribution is -2.44. The van der Waals surface area contributed by atoms with E-state index in [-0.39, 0.29) is 18.0 Å². The minimum atomic E-state index is -0.0356. The maximum Gasteiger partial charge on any atom is 0.222 e. The zero-order chi connectivity index (χ0) is 17.8. The van der Waals surface area contributed by atoms with E-state index in [0.29, 0.717) is 13.0 Å². The molecule has 1 aromatic carbocycles. The molecule has 1 saturated heterocycles. The smallest absolute Gasteiger partial charge is 0.222 e.